The van der Waals surface area contributed by atoms with Gasteiger partial charge in [0, 0.05) is 12.1 Å². The molecule has 4 aliphatic carbocycles. The van der Waals surface area contributed by atoms with Crippen LogP contribution in [0.15, 0.2) is 4.99 Å². The van der Waals surface area contributed by atoms with Gasteiger partial charge in [0.1, 0.15) is 0 Å². The third kappa shape index (κ3) is 3.19. The lowest BCUT2D eigenvalue weighted by Gasteiger charge is -2.56. The summed E-state index contributed by atoms with van der Waals surface area (Å²) < 4.78 is 0. The summed E-state index contributed by atoms with van der Waals surface area (Å²) in [5, 5.41) is 7.55. The zero-order chi connectivity index (χ0) is 13.6. The van der Waals surface area contributed by atoms with Gasteiger partial charge in [0.05, 0.1) is 12.3 Å². The van der Waals surface area contributed by atoms with Crippen molar-refractivity contribution in [2.24, 2.45) is 22.7 Å². The van der Waals surface area contributed by atoms with E-state index in [1.165, 1.54) is 38.5 Å². The fourth-order valence-corrected chi connectivity index (χ4v) is 5.93. The number of hydrogen-bond donors (Lipinski definition) is 2. The molecule has 118 valence electrons. The predicted molar refractivity (Wildman–Crippen MR) is 81.8 cm³/mol. The average Bonchev–Trinajstić information content (AvgIpc) is 2.87. The Hall–Kier alpha value is -0.420. The van der Waals surface area contributed by atoms with Gasteiger partial charge in [0.25, 0.3) is 0 Å². The van der Waals surface area contributed by atoms with Crippen molar-refractivity contribution >= 4 is 22.8 Å². The summed E-state index contributed by atoms with van der Waals surface area (Å²) in [6, 6.07) is 0. The largest absolute Gasteiger partial charge is 1.00 e. The number of carbonyl (C=O) groups excluding carboxylic acids is 1. The average molecular weight is 329 g/mol. The number of nitrogens with one attached hydrogen (secondary N) is 2. The number of nitrogens with zero attached hydrogens (tertiary/aromatic N) is 1. The van der Waals surface area contributed by atoms with Crippen molar-refractivity contribution in [3.8, 4) is 0 Å². The number of carbonyl (C=O) groups is 1. The summed E-state index contributed by atoms with van der Waals surface area (Å²) in [6.07, 6.45) is 7.96. The van der Waals surface area contributed by atoms with Crippen molar-refractivity contribution < 1.29 is 17.2 Å². The molecule has 4 bridgehead atoms. The first-order valence-electron chi connectivity index (χ1n) is 7.93. The highest BCUT2D eigenvalue weighted by Crippen LogP contribution is 2.55. The van der Waals surface area contributed by atoms with Gasteiger partial charge in [-0.15, -0.1) is 0 Å². The summed E-state index contributed by atoms with van der Waals surface area (Å²) >= 11 is 1.55. The second kappa shape index (κ2) is 5.99. The summed E-state index contributed by atoms with van der Waals surface area (Å²) in [4.78, 5) is 16.6. The molecule has 0 aromatic heterocycles. The van der Waals surface area contributed by atoms with E-state index in [2.05, 4.69) is 15.6 Å². The van der Waals surface area contributed by atoms with Crippen molar-refractivity contribution in [3.05, 3.63) is 0 Å². The van der Waals surface area contributed by atoms with Crippen LogP contribution in [-0.2, 0) is 4.79 Å². The molecule has 0 unspecified atom stereocenters. The van der Waals surface area contributed by atoms with E-state index in [-0.39, 0.29) is 23.9 Å². The molecular formula is C15H23ClN3OS-. The number of hydrogen-bond acceptors (Lipinski definition) is 4. The number of halogens is 1. The number of aliphatic imine (C=N–C) groups is 1. The summed E-state index contributed by atoms with van der Waals surface area (Å²) in [5.74, 6) is 3.36. The van der Waals surface area contributed by atoms with Crippen LogP contribution < -0.4 is 23.0 Å². The zero-order valence-corrected chi connectivity index (χ0v) is 13.8. The molecule has 0 radical (unpaired) electrons. The summed E-state index contributed by atoms with van der Waals surface area (Å²) in [6.45, 7) is 1.76. The lowest BCUT2D eigenvalue weighted by atomic mass is 9.53. The van der Waals surface area contributed by atoms with Crippen molar-refractivity contribution in [3.63, 3.8) is 0 Å². The van der Waals surface area contributed by atoms with Crippen LogP contribution in [0.3, 0.4) is 0 Å². The Morgan fingerprint density at radius 3 is 2.38 bits per heavy atom. The third-order valence-corrected chi connectivity index (χ3v) is 6.38. The maximum Gasteiger partial charge on any atom is 0.230 e. The molecule has 2 N–H and O–H groups in total. The Balaban J connectivity index is 0.00000132. The van der Waals surface area contributed by atoms with E-state index in [9.17, 15) is 4.79 Å². The first kappa shape index (κ1) is 15.5. The number of thioether (sulfide) groups is 1. The van der Waals surface area contributed by atoms with Crippen molar-refractivity contribution in [1.82, 2.24) is 10.6 Å². The molecule has 5 aliphatic rings. The Bertz CT molecular complexity index is 419. The molecule has 5 rings (SSSR count). The SMILES string of the molecule is O=C(CSC1=NCCN1)NC12CC3CC(CC(C3)C1)C2.[Cl-]. The minimum absolute atomic E-state index is 0. The summed E-state index contributed by atoms with van der Waals surface area (Å²) in [7, 11) is 0. The highest BCUT2D eigenvalue weighted by molar-refractivity contribution is 8.14. The van der Waals surface area contributed by atoms with Gasteiger partial charge < -0.3 is 23.0 Å². The first-order chi connectivity index (χ1) is 9.71. The van der Waals surface area contributed by atoms with Crippen LogP contribution >= 0.6 is 11.8 Å². The maximum absolute atomic E-state index is 12.3. The second-order valence-corrected chi connectivity index (χ2v) is 8.11. The zero-order valence-electron chi connectivity index (χ0n) is 12.2. The smallest absolute Gasteiger partial charge is 0.230 e. The van der Waals surface area contributed by atoms with Crippen LogP contribution in [0.5, 0.6) is 0 Å². The van der Waals surface area contributed by atoms with Crippen LogP contribution in [0.2, 0.25) is 0 Å². The normalized spacial score (nSPS) is 39.4. The number of amides is 1. The molecule has 4 fully saturated rings. The molecule has 1 heterocycles. The van der Waals surface area contributed by atoms with Gasteiger partial charge in [-0.2, -0.15) is 0 Å². The number of amidine groups is 1. The molecule has 1 aliphatic heterocycles. The molecular weight excluding hydrogens is 306 g/mol. The van der Waals surface area contributed by atoms with Gasteiger partial charge >= 0.3 is 0 Å². The quantitative estimate of drug-likeness (QED) is 0.682. The molecule has 0 spiro atoms. The van der Waals surface area contributed by atoms with Crippen LogP contribution in [0, 0.1) is 17.8 Å². The van der Waals surface area contributed by atoms with Gasteiger partial charge in [0.15, 0.2) is 5.17 Å². The Morgan fingerprint density at radius 1 is 1.24 bits per heavy atom. The van der Waals surface area contributed by atoms with Crippen molar-refractivity contribution in [2.45, 2.75) is 44.1 Å². The fourth-order valence-electron chi connectivity index (χ4n) is 5.20. The van der Waals surface area contributed by atoms with Gasteiger partial charge in [-0.3, -0.25) is 9.79 Å². The summed E-state index contributed by atoms with van der Waals surface area (Å²) in [5.41, 5.74) is 0.150. The van der Waals surface area contributed by atoms with Gasteiger partial charge in [-0.1, -0.05) is 11.8 Å². The van der Waals surface area contributed by atoms with E-state index in [0.29, 0.717) is 5.75 Å². The molecule has 4 saturated carbocycles. The predicted octanol–water partition coefficient (Wildman–Crippen LogP) is -1.23. The molecule has 0 saturated heterocycles. The fraction of sp³-hybridized carbons (Fsp3) is 0.867. The molecule has 4 nitrogen and oxygen atoms in total. The van der Waals surface area contributed by atoms with Gasteiger partial charge in [0.2, 0.25) is 5.91 Å². The van der Waals surface area contributed by atoms with Crippen LogP contribution in [-0.4, -0.2) is 35.5 Å². The van der Waals surface area contributed by atoms with E-state index < -0.39 is 0 Å². The third-order valence-electron chi connectivity index (χ3n) is 5.43. The topological polar surface area (TPSA) is 53.5 Å². The first-order valence-corrected chi connectivity index (χ1v) is 8.91. The minimum Gasteiger partial charge on any atom is -1.00 e. The monoisotopic (exact) mass is 328 g/mol. The lowest BCUT2D eigenvalue weighted by molar-refractivity contribution is -0.124. The van der Waals surface area contributed by atoms with E-state index in [4.69, 9.17) is 0 Å². The molecule has 0 aromatic rings. The molecule has 1 amide bonds. The van der Waals surface area contributed by atoms with Crippen LogP contribution in [0.25, 0.3) is 0 Å². The van der Waals surface area contributed by atoms with Crippen molar-refractivity contribution in [2.75, 3.05) is 18.8 Å². The van der Waals surface area contributed by atoms with Crippen LogP contribution in [0.1, 0.15) is 38.5 Å². The Morgan fingerprint density at radius 2 is 1.86 bits per heavy atom. The van der Waals surface area contributed by atoms with E-state index in [1.54, 1.807) is 11.8 Å². The second-order valence-electron chi connectivity index (χ2n) is 7.15. The standard InChI is InChI=1S/C15H23N3OS.ClH/c19-13(9-20-14-16-1-2-17-14)18-15-6-10-3-11(7-15)5-12(4-10)8-15;/h10-12H,1-9H2,(H,16,17)(H,18,19);1H/p-1. The Kier molecular flexibility index (Phi) is 4.42. The van der Waals surface area contributed by atoms with E-state index >= 15 is 0 Å². The van der Waals surface area contributed by atoms with E-state index in [0.717, 1.165) is 36.0 Å². The molecule has 6 heteroatoms. The lowest BCUT2D eigenvalue weighted by Crippen LogP contribution is -3.00. The Labute approximate surface area is 136 Å². The minimum atomic E-state index is 0. The van der Waals surface area contributed by atoms with Crippen molar-refractivity contribution in [1.29, 1.82) is 0 Å². The molecule has 0 aromatic carbocycles. The highest BCUT2D eigenvalue weighted by Gasteiger charge is 2.51. The maximum atomic E-state index is 12.3. The highest BCUT2D eigenvalue weighted by atomic mass is 35.5. The molecule has 0 atom stereocenters. The van der Waals surface area contributed by atoms with Crippen LogP contribution in [0.4, 0.5) is 0 Å². The number of rotatable bonds is 3. The van der Waals surface area contributed by atoms with E-state index in [1.807, 2.05) is 0 Å². The van der Waals surface area contributed by atoms with Gasteiger partial charge in [-0.25, -0.2) is 0 Å². The van der Waals surface area contributed by atoms with Gasteiger partial charge in [-0.05, 0) is 56.3 Å². The molecule has 21 heavy (non-hydrogen) atoms.